The summed E-state index contributed by atoms with van der Waals surface area (Å²) in [5.41, 5.74) is 3.79. The normalized spacial score (nSPS) is 11.2. The van der Waals surface area contributed by atoms with Crippen molar-refractivity contribution in [2.45, 2.75) is 13.8 Å². The lowest BCUT2D eigenvalue weighted by Gasteiger charge is -2.11. The summed E-state index contributed by atoms with van der Waals surface area (Å²) in [6.07, 6.45) is 1.60. The van der Waals surface area contributed by atoms with Crippen LogP contribution in [0.3, 0.4) is 0 Å². The number of rotatable bonds is 4. The summed E-state index contributed by atoms with van der Waals surface area (Å²) in [7, 11) is 0. The Hall–Kier alpha value is -4.80. The molecule has 1 N–H and O–H groups in total. The number of hydrazone groups is 1. The lowest BCUT2D eigenvalue weighted by Crippen LogP contribution is -2.31. The van der Waals surface area contributed by atoms with Crippen molar-refractivity contribution in [3.05, 3.63) is 116 Å². The van der Waals surface area contributed by atoms with E-state index in [0.717, 1.165) is 37.4 Å². The molecule has 1 amide bonds. The molecule has 0 aliphatic heterocycles. The lowest BCUT2D eigenvalue weighted by atomic mass is 9.97. The highest BCUT2D eigenvalue weighted by atomic mass is 35.5. The van der Waals surface area contributed by atoms with Crippen molar-refractivity contribution >= 4 is 45.3 Å². The van der Waals surface area contributed by atoms with Gasteiger partial charge in [-0.2, -0.15) is 20.1 Å². The Labute approximate surface area is 217 Å². The first-order valence-corrected chi connectivity index (χ1v) is 11.8. The largest absolute Gasteiger partial charge is 0.292 e. The maximum atomic E-state index is 13.1. The third kappa shape index (κ3) is 4.35. The molecule has 7 nitrogen and oxygen atoms in total. The Bertz CT molecular complexity index is 1800. The number of nitrogens with zero attached hydrogens (tertiary/aromatic N) is 4. The van der Waals surface area contributed by atoms with Gasteiger partial charge in [0.15, 0.2) is 5.69 Å². The van der Waals surface area contributed by atoms with Crippen LogP contribution in [0.4, 0.5) is 0 Å². The maximum absolute atomic E-state index is 13.1. The summed E-state index contributed by atoms with van der Waals surface area (Å²) in [5.74, 6) is -0.651. The van der Waals surface area contributed by atoms with Crippen molar-refractivity contribution in [2.75, 3.05) is 0 Å². The number of hydrogen-bond acceptors (Lipinski definition) is 5. The molecular formula is C29H20ClN5O2. The number of aromatic nitrogens is 2. The van der Waals surface area contributed by atoms with E-state index in [4.69, 9.17) is 11.6 Å². The molecule has 0 saturated heterocycles. The number of halogens is 1. The summed E-state index contributed by atoms with van der Waals surface area (Å²) >= 11 is 6.23. The molecule has 8 heteroatoms. The molecule has 180 valence electrons. The van der Waals surface area contributed by atoms with Crippen molar-refractivity contribution in [2.24, 2.45) is 5.10 Å². The van der Waals surface area contributed by atoms with Gasteiger partial charge in [-0.15, -0.1) is 0 Å². The van der Waals surface area contributed by atoms with Gasteiger partial charge in [0.1, 0.15) is 11.6 Å². The van der Waals surface area contributed by atoms with Crippen LogP contribution >= 0.6 is 11.6 Å². The molecule has 0 aliphatic carbocycles. The number of nitrogens with one attached hydrogen (secondary N) is 1. The van der Waals surface area contributed by atoms with E-state index in [1.54, 1.807) is 24.4 Å². The Balaban J connectivity index is 1.55. The molecule has 1 aromatic heterocycles. The number of fused-ring (bicyclic) bond motifs is 2. The van der Waals surface area contributed by atoms with E-state index in [1.165, 1.54) is 6.92 Å². The highest BCUT2D eigenvalue weighted by molar-refractivity contribution is 6.31. The quantitative estimate of drug-likeness (QED) is 0.199. The summed E-state index contributed by atoms with van der Waals surface area (Å²) < 4.78 is 1.01. The molecule has 1 heterocycles. The third-order valence-electron chi connectivity index (χ3n) is 6.24. The molecule has 0 fully saturated rings. The molecular weight excluding hydrogens is 486 g/mol. The van der Waals surface area contributed by atoms with Gasteiger partial charge < -0.3 is 0 Å². The predicted molar refractivity (Wildman–Crippen MR) is 146 cm³/mol. The number of carbonyl (C=O) groups excluding carboxylic acids is 1. The van der Waals surface area contributed by atoms with Gasteiger partial charge in [-0.25, -0.2) is 5.43 Å². The molecule has 5 aromatic rings. The predicted octanol–water partition coefficient (Wildman–Crippen LogP) is 5.44. The SMILES string of the molecule is Cc1ccc(-n2nc(C(=O)N/N=C/c3c4ccccc4cc4ccccc34)c(C)c(C#N)c2=O)cc1Cl. The van der Waals surface area contributed by atoms with Gasteiger partial charge >= 0.3 is 0 Å². The fourth-order valence-electron chi connectivity index (χ4n) is 4.24. The molecule has 0 saturated carbocycles. The second-order valence-electron chi connectivity index (χ2n) is 8.54. The van der Waals surface area contributed by atoms with Crippen molar-refractivity contribution in [3.63, 3.8) is 0 Å². The average Bonchev–Trinajstić information content (AvgIpc) is 2.90. The minimum atomic E-state index is -0.651. The van der Waals surface area contributed by atoms with Crippen LogP contribution in [0.1, 0.15) is 32.7 Å². The van der Waals surface area contributed by atoms with E-state index in [0.29, 0.717) is 10.7 Å². The Kier molecular flexibility index (Phi) is 6.26. The van der Waals surface area contributed by atoms with Gasteiger partial charge in [0.05, 0.1) is 11.9 Å². The van der Waals surface area contributed by atoms with E-state index in [-0.39, 0.29) is 16.8 Å². The van der Waals surface area contributed by atoms with Crippen molar-refractivity contribution in [1.29, 1.82) is 5.26 Å². The van der Waals surface area contributed by atoms with E-state index >= 15 is 0 Å². The highest BCUT2D eigenvalue weighted by Crippen LogP contribution is 2.27. The van der Waals surface area contributed by atoms with Crippen LogP contribution in [0.25, 0.3) is 27.2 Å². The van der Waals surface area contributed by atoms with Gasteiger partial charge in [-0.3, -0.25) is 9.59 Å². The molecule has 0 unspecified atom stereocenters. The first kappa shape index (κ1) is 23.9. The zero-order chi connectivity index (χ0) is 26.1. The van der Waals surface area contributed by atoms with Crippen molar-refractivity contribution in [3.8, 4) is 11.8 Å². The van der Waals surface area contributed by atoms with Gasteiger partial charge in [0.25, 0.3) is 11.5 Å². The topological polar surface area (TPSA) is 100 Å². The highest BCUT2D eigenvalue weighted by Gasteiger charge is 2.20. The monoisotopic (exact) mass is 505 g/mol. The van der Waals surface area contributed by atoms with Crippen LogP contribution in [0.5, 0.6) is 0 Å². The van der Waals surface area contributed by atoms with Crippen LogP contribution in [0.2, 0.25) is 5.02 Å². The number of amides is 1. The Morgan fingerprint density at radius 1 is 1.03 bits per heavy atom. The first-order chi connectivity index (χ1) is 17.9. The maximum Gasteiger partial charge on any atom is 0.292 e. The molecule has 0 bridgehead atoms. The van der Waals surface area contributed by atoms with E-state index in [1.807, 2.05) is 61.5 Å². The smallest absolute Gasteiger partial charge is 0.266 e. The Morgan fingerprint density at radius 2 is 1.68 bits per heavy atom. The second kappa shape index (κ2) is 9.69. The standard InChI is InChI=1S/C29H20ClN5O2/c1-17-11-12-21(14-26(17)30)35-29(37)24(15-31)18(2)27(34-35)28(36)33-32-16-25-22-9-5-3-7-19(22)13-20-8-4-6-10-23(20)25/h3-14,16H,1-2H3,(H,33,36)/b32-16+. The summed E-state index contributed by atoms with van der Waals surface area (Å²) in [5, 5.41) is 22.6. The fourth-order valence-corrected chi connectivity index (χ4v) is 4.41. The second-order valence-corrected chi connectivity index (χ2v) is 8.95. The summed E-state index contributed by atoms with van der Waals surface area (Å²) in [6, 6.07) is 24.8. The van der Waals surface area contributed by atoms with Crippen LogP contribution in [0.15, 0.2) is 82.7 Å². The minimum absolute atomic E-state index is 0.0900. The number of benzene rings is 4. The van der Waals surface area contributed by atoms with Gasteiger partial charge in [-0.1, -0.05) is 66.2 Å². The van der Waals surface area contributed by atoms with Gasteiger partial charge in [0.2, 0.25) is 0 Å². The molecule has 0 aliphatic rings. The average molecular weight is 506 g/mol. The van der Waals surface area contributed by atoms with Gasteiger partial charge in [0, 0.05) is 16.1 Å². The van der Waals surface area contributed by atoms with E-state index in [9.17, 15) is 14.9 Å². The number of nitriles is 1. The number of aryl methyl sites for hydroxylation is 1. The fraction of sp³-hybridized carbons (Fsp3) is 0.0690. The van der Waals surface area contributed by atoms with E-state index in [2.05, 4.69) is 21.7 Å². The zero-order valence-corrected chi connectivity index (χ0v) is 20.7. The van der Waals surface area contributed by atoms with Crippen LogP contribution in [0, 0.1) is 25.2 Å². The van der Waals surface area contributed by atoms with Crippen molar-refractivity contribution in [1.82, 2.24) is 15.2 Å². The summed E-state index contributed by atoms with van der Waals surface area (Å²) in [4.78, 5) is 26.0. The molecule has 0 spiro atoms. The zero-order valence-electron chi connectivity index (χ0n) is 20.0. The molecule has 4 aromatic carbocycles. The summed E-state index contributed by atoms with van der Waals surface area (Å²) in [6.45, 7) is 3.34. The number of carbonyl (C=O) groups is 1. The first-order valence-electron chi connectivity index (χ1n) is 11.4. The van der Waals surface area contributed by atoms with Crippen LogP contribution < -0.4 is 11.0 Å². The number of hydrogen-bond donors (Lipinski definition) is 1. The van der Waals surface area contributed by atoms with E-state index < -0.39 is 11.5 Å². The third-order valence-corrected chi connectivity index (χ3v) is 6.64. The molecule has 5 rings (SSSR count). The van der Waals surface area contributed by atoms with Crippen LogP contribution in [-0.4, -0.2) is 21.9 Å². The van der Waals surface area contributed by atoms with Gasteiger partial charge in [-0.05, 0) is 59.2 Å². The Morgan fingerprint density at radius 3 is 2.30 bits per heavy atom. The van der Waals surface area contributed by atoms with Crippen LogP contribution in [-0.2, 0) is 0 Å². The molecule has 37 heavy (non-hydrogen) atoms. The molecule has 0 radical (unpaired) electrons. The molecule has 0 atom stereocenters. The lowest BCUT2D eigenvalue weighted by molar-refractivity contribution is 0.0947. The van der Waals surface area contributed by atoms with Crippen molar-refractivity contribution < 1.29 is 4.79 Å². The minimum Gasteiger partial charge on any atom is -0.266 e.